The summed E-state index contributed by atoms with van der Waals surface area (Å²) in [4.78, 5) is 0. The van der Waals surface area contributed by atoms with Crippen LogP contribution in [0.1, 0.15) is 26.7 Å². The van der Waals surface area contributed by atoms with Gasteiger partial charge in [-0.1, -0.05) is 18.1 Å². The summed E-state index contributed by atoms with van der Waals surface area (Å²) in [5.74, 6) is 0.842. The largest absolute Gasteiger partial charge is 0.261 e. The topological polar surface area (TPSA) is 12.0 Å². The van der Waals surface area contributed by atoms with Gasteiger partial charge in [0.15, 0.2) is 0 Å². The minimum Gasteiger partial charge on any atom is -0.261 e. The molecule has 0 amide bonds. The van der Waals surface area contributed by atoms with Crippen molar-refractivity contribution in [2.75, 3.05) is 6.54 Å². The van der Waals surface area contributed by atoms with Gasteiger partial charge < -0.3 is 0 Å². The van der Waals surface area contributed by atoms with Gasteiger partial charge in [0.25, 0.3) is 0 Å². The normalized spacial score (nSPS) is 23.7. The molecule has 1 nitrogen and oxygen atoms in total. The lowest BCUT2D eigenvalue weighted by atomic mass is 10.2. The van der Waals surface area contributed by atoms with Gasteiger partial charge in [0.05, 0.1) is 0 Å². The lowest BCUT2D eigenvalue weighted by Gasteiger charge is -1.93. The maximum absolute atomic E-state index is 3.13. The predicted molar refractivity (Wildman–Crippen MR) is 53.1 cm³/mol. The van der Waals surface area contributed by atoms with E-state index in [1.54, 1.807) is 11.1 Å². The van der Waals surface area contributed by atoms with Crippen molar-refractivity contribution in [1.29, 1.82) is 0 Å². The molecule has 0 spiro atoms. The first-order valence-corrected chi connectivity index (χ1v) is 4.88. The van der Waals surface area contributed by atoms with Crippen LogP contribution in [0.5, 0.6) is 0 Å². The van der Waals surface area contributed by atoms with Gasteiger partial charge in [-0.05, 0) is 25.7 Å². The Labute approximate surface area is 76.8 Å². The fraction of sp³-hybridized carbons (Fsp3) is 0.750. The molecule has 0 heterocycles. The molecule has 0 bridgehead atoms. The van der Waals surface area contributed by atoms with Crippen LogP contribution in [0.4, 0.5) is 0 Å². The highest BCUT2D eigenvalue weighted by molar-refractivity contribution is 14.1. The van der Waals surface area contributed by atoms with Crippen LogP contribution < -0.4 is 3.53 Å². The van der Waals surface area contributed by atoms with Gasteiger partial charge in [-0.25, -0.2) is 0 Å². The van der Waals surface area contributed by atoms with Gasteiger partial charge in [-0.15, -0.1) is 0 Å². The SMILES string of the molecule is CC1=C(CCCNI)C1C. The number of halogens is 1. The molecular formula is C8H14IN. The van der Waals surface area contributed by atoms with Crippen molar-refractivity contribution in [3.8, 4) is 0 Å². The molecule has 0 aromatic carbocycles. The first-order chi connectivity index (χ1) is 4.77. The molecule has 1 aliphatic carbocycles. The molecule has 2 heteroatoms. The molecule has 0 saturated carbocycles. The van der Waals surface area contributed by atoms with E-state index in [0.717, 1.165) is 12.5 Å². The summed E-state index contributed by atoms with van der Waals surface area (Å²) >= 11 is 2.20. The third-order valence-corrected chi connectivity index (χ3v) is 2.85. The van der Waals surface area contributed by atoms with Crippen LogP contribution in [0, 0.1) is 5.92 Å². The van der Waals surface area contributed by atoms with E-state index in [-0.39, 0.29) is 0 Å². The van der Waals surface area contributed by atoms with Crippen LogP contribution in [0.15, 0.2) is 11.1 Å². The fourth-order valence-corrected chi connectivity index (χ4v) is 1.70. The molecule has 0 aromatic rings. The van der Waals surface area contributed by atoms with Gasteiger partial charge in [0, 0.05) is 29.4 Å². The second-order valence-electron chi connectivity index (χ2n) is 2.92. The van der Waals surface area contributed by atoms with E-state index in [2.05, 4.69) is 40.2 Å². The van der Waals surface area contributed by atoms with E-state index >= 15 is 0 Å². The fourth-order valence-electron chi connectivity index (χ4n) is 1.31. The Kier molecular flexibility index (Phi) is 3.17. The van der Waals surface area contributed by atoms with E-state index < -0.39 is 0 Å². The molecule has 58 valence electrons. The minimum atomic E-state index is 0.842. The molecule has 10 heavy (non-hydrogen) atoms. The average molecular weight is 251 g/mol. The van der Waals surface area contributed by atoms with Crippen molar-refractivity contribution in [1.82, 2.24) is 3.53 Å². The lowest BCUT2D eigenvalue weighted by Crippen LogP contribution is -1.98. The van der Waals surface area contributed by atoms with E-state index in [9.17, 15) is 0 Å². The van der Waals surface area contributed by atoms with Crippen molar-refractivity contribution < 1.29 is 0 Å². The summed E-state index contributed by atoms with van der Waals surface area (Å²) < 4.78 is 3.13. The Morgan fingerprint density at radius 1 is 1.60 bits per heavy atom. The second kappa shape index (κ2) is 3.72. The van der Waals surface area contributed by atoms with Crippen molar-refractivity contribution >= 4 is 22.9 Å². The molecule has 0 aromatic heterocycles. The number of hydrogen-bond donors (Lipinski definition) is 1. The van der Waals surface area contributed by atoms with E-state index in [1.807, 2.05) is 0 Å². The minimum absolute atomic E-state index is 0.842. The van der Waals surface area contributed by atoms with Crippen LogP contribution in [0.25, 0.3) is 0 Å². The highest BCUT2D eigenvalue weighted by Gasteiger charge is 2.26. The van der Waals surface area contributed by atoms with E-state index in [0.29, 0.717) is 0 Å². The van der Waals surface area contributed by atoms with Crippen molar-refractivity contribution in [3.05, 3.63) is 11.1 Å². The highest BCUT2D eigenvalue weighted by atomic mass is 127. The van der Waals surface area contributed by atoms with Crippen LogP contribution in [-0.2, 0) is 0 Å². The Morgan fingerprint density at radius 3 is 2.60 bits per heavy atom. The predicted octanol–water partition coefficient (Wildman–Crippen LogP) is 2.67. The maximum Gasteiger partial charge on any atom is 0.0169 e. The van der Waals surface area contributed by atoms with Crippen molar-refractivity contribution in [3.63, 3.8) is 0 Å². The van der Waals surface area contributed by atoms with Crippen LogP contribution >= 0.6 is 22.9 Å². The number of allylic oxidation sites excluding steroid dienone is 2. The highest BCUT2D eigenvalue weighted by Crippen LogP contribution is 2.40. The first kappa shape index (κ1) is 8.53. The van der Waals surface area contributed by atoms with Crippen LogP contribution in [-0.4, -0.2) is 6.54 Å². The standard InChI is InChI=1S/C8H14IN/c1-6-7(2)8(6)4-3-5-10-9/h6,10H,3-5H2,1-2H3. The van der Waals surface area contributed by atoms with Gasteiger partial charge >= 0.3 is 0 Å². The Balaban J connectivity index is 2.05. The monoisotopic (exact) mass is 251 g/mol. The summed E-state index contributed by atoms with van der Waals surface area (Å²) in [6, 6.07) is 0. The van der Waals surface area contributed by atoms with Crippen molar-refractivity contribution in [2.24, 2.45) is 5.92 Å². The molecule has 1 unspecified atom stereocenters. The molecule has 0 saturated heterocycles. The average Bonchev–Trinajstić information content (AvgIpc) is 2.46. The van der Waals surface area contributed by atoms with E-state index in [1.165, 1.54) is 12.8 Å². The number of hydrogen-bond acceptors (Lipinski definition) is 1. The zero-order chi connectivity index (χ0) is 7.56. The zero-order valence-electron chi connectivity index (χ0n) is 6.58. The summed E-state index contributed by atoms with van der Waals surface area (Å²) in [5, 5.41) is 0. The number of rotatable bonds is 4. The summed E-state index contributed by atoms with van der Waals surface area (Å²) in [6.07, 6.45) is 2.60. The smallest absolute Gasteiger partial charge is 0.0169 e. The number of nitrogens with one attached hydrogen (secondary N) is 1. The molecule has 1 aliphatic rings. The quantitative estimate of drug-likeness (QED) is 0.350. The van der Waals surface area contributed by atoms with Gasteiger partial charge in [0.1, 0.15) is 0 Å². The van der Waals surface area contributed by atoms with Gasteiger partial charge in [0.2, 0.25) is 0 Å². The zero-order valence-corrected chi connectivity index (χ0v) is 8.73. The Morgan fingerprint density at radius 2 is 2.20 bits per heavy atom. The molecule has 0 radical (unpaired) electrons. The lowest BCUT2D eigenvalue weighted by molar-refractivity contribution is 0.790. The second-order valence-corrected chi connectivity index (χ2v) is 3.68. The molecular weight excluding hydrogens is 237 g/mol. The molecule has 1 rings (SSSR count). The summed E-state index contributed by atoms with van der Waals surface area (Å²) in [6.45, 7) is 5.68. The first-order valence-electron chi connectivity index (χ1n) is 3.80. The third kappa shape index (κ3) is 1.95. The molecule has 0 fully saturated rings. The summed E-state index contributed by atoms with van der Waals surface area (Å²) in [5.41, 5.74) is 3.33. The summed E-state index contributed by atoms with van der Waals surface area (Å²) in [7, 11) is 0. The van der Waals surface area contributed by atoms with Crippen LogP contribution in [0.3, 0.4) is 0 Å². The Hall–Kier alpha value is 0.430. The maximum atomic E-state index is 3.13. The van der Waals surface area contributed by atoms with Gasteiger partial charge in [-0.2, -0.15) is 0 Å². The Bertz CT molecular complexity index is 151. The molecule has 0 aliphatic heterocycles. The van der Waals surface area contributed by atoms with E-state index in [4.69, 9.17) is 0 Å². The van der Waals surface area contributed by atoms with Crippen LogP contribution in [0.2, 0.25) is 0 Å². The third-order valence-electron chi connectivity index (χ3n) is 2.31. The van der Waals surface area contributed by atoms with Crippen molar-refractivity contribution in [2.45, 2.75) is 26.7 Å². The molecule has 1 atom stereocenters. The molecule has 1 N–H and O–H groups in total. The van der Waals surface area contributed by atoms with Gasteiger partial charge in [-0.3, -0.25) is 3.53 Å².